The van der Waals surface area contributed by atoms with E-state index in [2.05, 4.69) is 36.3 Å². The second kappa shape index (κ2) is 6.50. The van der Waals surface area contributed by atoms with E-state index in [-0.39, 0.29) is 23.0 Å². The molecule has 1 amide bonds. The third-order valence-corrected chi connectivity index (χ3v) is 6.90. The fourth-order valence-electron chi connectivity index (χ4n) is 3.11. The van der Waals surface area contributed by atoms with Gasteiger partial charge in [-0.15, -0.1) is 11.8 Å². The second-order valence-corrected chi connectivity index (χ2v) is 8.48. The SMILES string of the molecule is CC(=O)N1N=C2c3cc(F)ccc3SC[C@H]2[C@@H]1Sc1ccc(C)cc1. The molecule has 0 saturated heterocycles. The van der Waals surface area contributed by atoms with Crippen LogP contribution in [-0.2, 0) is 4.79 Å². The number of amides is 1. The minimum atomic E-state index is -0.272. The Hall–Kier alpha value is -1.79. The first-order chi connectivity index (χ1) is 12.0. The molecule has 4 rings (SSSR count). The number of halogens is 1. The van der Waals surface area contributed by atoms with Gasteiger partial charge in [0.15, 0.2) is 0 Å². The summed E-state index contributed by atoms with van der Waals surface area (Å²) < 4.78 is 13.7. The molecular weight excluding hydrogens is 355 g/mol. The van der Waals surface area contributed by atoms with Gasteiger partial charge in [-0.05, 0) is 37.3 Å². The van der Waals surface area contributed by atoms with Crippen molar-refractivity contribution in [2.24, 2.45) is 11.0 Å². The quantitative estimate of drug-likeness (QED) is 0.776. The summed E-state index contributed by atoms with van der Waals surface area (Å²) in [5.41, 5.74) is 2.85. The maximum Gasteiger partial charge on any atom is 0.240 e. The molecule has 0 unspecified atom stereocenters. The van der Waals surface area contributed by atoms with E-state index in [0.717, 1.165) is 26.8 Å². The molecule has 2 atom stereocenters. The first-order valence-electron chi connectivity index (χ1n) is 8.07. The largest absolute Gasteiger partial charge is 0.273 e. The van der Waals surface area contributed by atoms with E-state index in [1.165, 1.54) is 24.6 Å². The Labute approximate surface area is 154 Å². The van der Waals surface area contributed by atoms with Crippen molar-refractivity contribution >= 4 is 35.1 Å². The maximum absolute atomic E-state index is 13.7. The molecule has 2 aromatic rings. The van der Waals surface area contributed by atoms with E-state index in [4.69, 9.17) is 0 Å². The van der Waals surface area contributed by atoms with Gasteiger partial charge < -0.3 is 0 Å². The highest BCUT2D eigenvalue weighted by atomic mass is 32.2. The molecule has 0 bridgehead atoms. The molecule has 2 aliphatic rings. The molecule has 2 aliphatic heterocycles. The third-order valence-electron chi connectivity index (χ3n) is 4.39. The highest BCUT2D eigenvalue weighted by Crippen LogP contribution is 2.44. The first-order valence-corrected chi connectivity index (χ1v) is 9.94. The molecule has 0 fully saturated rings. The minimum absolute atomic E-state index is 0.0885. The molecule has 0 spiro atoms. The highest BCUT2D eigenvalue weighted by molar-refractivity contribution is 8.00. The van der Waals surface area contributed by atoms with Crippen molar-refractivity contribution in [3.8, 4) is 0 Å². The Morgan fingerprint density at radius 3 is 2.76 bits per heavy atom. The van der Waals surface area contributed by atoms with Crippen LogP contribution in [-0.4, -0.2) is 27.8 Å². The van der Waals surface area contributed by atoms with Gasteiger partial charge in [0.25, 0.3) is 0 Å². The van der Waals surface area contributed by atoms with Crippen molar-refractivity contribution in [3.05, 3.63) is 59.4 Å². The number of benzene rings is 2. The zero-order valence-corrected chi connectivity index (χ0v) is 15.5. The van der Waals surface area contributed by atoms with Crippen LogP contribution in [0, 0.1) is 18.7 Å². The Kier molecular flexibility index (Phi) is 4.33. The second-order valence-electron chi connectivity index (χ2n) is 6.23. The molecule has 25 heavy (non-hydrogen) atoms. The fourth-order valence-corrected chi connectivity index (χ4v) is 5.67. The smallest absolute Gasteiger partial charge is 0.240 e. The topological polar surface area (TPSA) is 32.7 Å². The van der Waals surface area contributed by atoms with Gasteiger partial charge in [0, 0.05) is 33.9 Å². The van der Waals surface area contributed by atoms with E-state index in [0.29, 0.717) is 0 Å². The summed E-state index contributed by atoms with van der Waals surface area (Å²) in [7, 11) is 0. The number of carbonyl (C=O) groups excluding carboxylic acids is 1. The Morgan fingerprint density at radius 2 is 2.04 bits per heavy atom. The summed E-state index contributed by atoms with van der Waals surface area (Å²) in [6.45, 7) is 3.58. The van der Waals surface area contributed by atoms with E-state index in [1.54, 1.807) is 34.6 Å². The van der Waals surface area contributed by atoms with E-state index >= 15 is 0 Å². The number of carbonyl (C=O) groups is 1. The number of rotatable bonds is 2. The van der Waals surface area contributed by atoms with Crippen LogP contribution in [0.4, 0.5) is 4.39 Å². The lowest BCUT2D eigenvalue weighted by Crippen LogP contribution is -2.35. The molecule has 0 aliphatic carbocycles. The minimum Gasteiger partial charge on any atom is -0.273 e. The van der Waals surface area contributed by atoms with Crippen LogP contribution in [0.15, 0.2) is 57.4 Å². The number of hydrazone groups is 1. The van der Waals surface area contributed by atoms with E-state index in [1.807, 2.05) is 0 Å². The highest BCUT2D eigenvalue weighted by Gasteiger charge is 2.43. The van der Waals surface area contributed by atoms with E-state index < -0.39 is 0 Å². The summed E-state index contributed by atoms with van der Waals surface area (Å²) in [5, 5.41) is 6.05. The maximum atomic E-state index is 13.7. The molecule has 0 radical (unpaired) electrons. The number of hydrogen-bond acceptors (Lipinski definition) is 4. The van der Waals surface area contributed by atoms with Crippen LogP contribution in [0.1, 0.15) is 18.1 Å². The summed E-state index contributed by atoms with van der Waals surface area (Å²) >= 11 is 3.35. The van der Waals surface area contributed by atoms with Gasteiger partial charge in [0.1, 0.15) is 11.2 Å². The van der Waals surface area contributed by atoms with Crippen LogP contribution in [0.3, 0.4) is 0 Å². The predicted octanol–water partition coefficient (Wildman–Crippen LogP) is 4.54. The van der Waals surface area contributed by atoms with Gasteiger partial charge in [0.2, 0.25) is 5.91 Å². The van der Waals surface area contributed by atoms with Crippen LogP contribution >= 0.6 is 23.5 Å². The number of aryl methyl sites for hydroxylation is 1. The molecule has 0 aromatic heterocycles. The van der Waals surface area contributed by atoms with Crippen LogP contribution in [0.2, 0.25) is 0 Å². The molecule has 128 valence electrons. The molecule has 2 heterocycles. The normalized spacial score (nSPS) is 21.6. The predicted molar refractivity (Wildman–Crippen MR) is 100 cm³/mol. The van der Waals surface area contributed by atoms with Crippen LogP contribution < -0.4 is 0 Å². The summed E-state index contributed by atoms with van der Waals surface area (Å²) in [4.78, 5) is 14.3. The zero-order chi connectivity index (χ0) is 17.6. The van der Waals surface area contributed by atoms with Gasteiger partial charge >= 0.3 is 0 Å². The van der Waals surface area contributed by atoms with Crippen molar-refractivity contribution < 1.29 is 9.18 Å². The third kappa shape index (κ3) is 3.09. The Bertz CT molecular complexity index is 866. The molecular formula is C19H17FN2OS2. The van der Waals surface area contributed by atoms with E-state index in [9.17, 15) is 9.18 Å². The summed E-state index contributed by atoms with van der Waals surface area (Å²) in [6, 6.07) is 13.1. The summed E-state index contributed by atoms with van der Waals surface area (Å²) in [5.74, 6) is 0.570. The molecule has 6 heteroatoms. The Balaban J connectivity index is 1.70. The number of fused-ring (bicyclic) bond motifs is 3. The van der Waals surface area contributed by atoms with Crippen molar-refractivity contribution in [2.75, 3.05) is 5.75 Å². The van der Waals surface area contributed by atoms with Crippen molar-refractivity contribution in [3.63, 3.8) is 0 Å². The zero-order valence-electron chi connectivity index (χ0n) is 13.9. The number of nitrogens with zero attached hydrogens (tertiary/aromatic N) is 2. The average molecular weight is 372 g/mol. The van der Waals surface area contributed by atoms with Crippen molar-refractivity contribution in [2.45, 2.75) is 29.0 Å². The number of hydrogen-bond donors (Lipinski definition) is 0. The standard InChI is InChI=1S/C19H17FN2OS2/c1-11-3-6-14(7-4-11)25-19-16-10-24-17-8-5-13(20)9-15(17)18(16)21-22(19)12(2)23/h3-9,16,19H,10H2,1-2H3/t16-,19+/m1/s1. The lowest BCUT2D eigenvalue weighted by molar-refractivity contribution is -0.129. The molecule has 3 nitrogen and oxygen atoms in total. The Morgan fingerprint density at radius 1 is 1.28 bits per heavy atom. The van der Waals surface area contributed by atoms with Crippen LogP contribution in [0.25, 0.3) is 0 Å². The summed E-state index contributed by atoms with van der Waals surface area (Å²) in [6.07, 6.45) is 0. The monoisotopic (exact) mass is 372 g/mol. The van der Waals surface area contributed by atoms with Crippen LogP contribution in [0.5, 0.6) is 0 Å². The first kappa shape index (κ1) is 16.7. The average Bonchev–Trinajstić information content (AvgIpc) is 2.96. The molecule has 2 aromatic carbocycles. The number of thioether (sulfide) groups is 2. The lowest BCUT2D eigenvalue weighted by atomic mass is 9.98. The fraction of sp³-hybridized carbons (Fsp3) is 0.263. The molecule has 0 saturated carbocycles. The lowest BCUT2D eigenvalue weighted by Gasteiger charge is -2.28. The van der Waals surface area contributed by atoms with Crippen molar-refractivity contribution in [1.82, 2.24) is 5.01 Å². The van der Waals surface area contributed by atoms with Gasteiger partial charge in [-0.25, -0.2) is 9.40 Å². The molecule has 0 N–H and O–H groups in total. The van der Waals surface area contributed by atoms with Crippen molar-refractivity contribution in [1.29, 1.82) is 0 Å². The van der Waals surface area contributed by atoms with Gasteiger partial charge in [-0.1, -0.05) is 29.5 Å². The van der Waals surface area contributed by atoms with Gasteiger partial charge in [-0.2, -0.15) is 5.10 Å². The van der Waals surface area contributed by atoms with Gasteiger partial charge in [-0.3, -0.25) is 4.79 Å². The van der Waals surface area contributed by atoms with Gasteiger partial charge in [0.05, 0.1) is 5.71 Å².